The average Bonchev–Trinajstić information content (AvgIpc) is 2.95. The van der Waals surface area contributed by atoms with Crippen molar-refractivity contribution in [2.75, 3.05) is 31.1 Å². The fourth-order valence-electron chi connectivity index (χ4n) is 5.00. The fourth-order valence-corrected chi connectivity index (χ4v) is 5.00. The summed E-state index contributed by atoms with van der Waals surface area (Å²) < 4.78 is 0. The van der Waals surface area contributed by atoms with Crippen molar-refractivity contribution in [3.05, 3.63) is 90.1 Å². The van der Waals surface area contributed by atoms with Crippen LogP contribution < -0.4 is 4.90 Å². The van der Waals surface area contributed by atoms with Gasteiger partial charge in [-0.25, -0.2) is 9.97 Å². The second-order valence-electron chi connectivity index (χ2n) is 9.94. The number of fused-ring (bicyclic) bond motifs is 1. The predicted molar refractivity (Wildman–Crippen MR) is 149 cm³/mol. The summed E-state index contributed by atoms with van der Waals surface area (Å²) >= 11 is 0. The molecule has 1 N–H and O–H groups in total. The molecule has 5 rings (SSSR count). The van der Waals surface area contributed by atoms with Crippen LogP contribution in [0.15, 0.2) is 78.9 Å². The highest BCUT2D eigenvalue weighted by Crippen LogP contribution is 2.27. The van der Waals surface area contributed by atoms with Crippen molar-refractivity contribution >= 4 is 28.6 Å². The molecule has 1 aliphatic heterocycles. The van der Waals surface area contributed by atoms with Gasteiger partial charge < -0.3 is 14.9 Å². The first kappa shape index (κ1) is 25.4. The number of carbonyl (C=O) groups excluding carboxylic acids is 1. The first-order valence-corrected chi connectivity index (χ1v) is 13.1. The third-order valence-corrected chi connectivity index (χ3v) is 7.12. The Hall–Kier alpha value is -4.26. The summed E-state index contributed by atoms with van der Waals surface area (Å²) in [7, 11) is 0. The maximum atomic E-state index is 13.4. The Labute approximate surface area is 222 Å². The Kier molecular flexibility index (Phi) is 7.63. The number of rotatable bonds is 8. The molecule has 0 spiro atoms. The SMILES string of the molecule is C[C@H](CCc1nc2cc(C(=O)N3CCN(c4ccccc4)CC3)ccc2nc1-c1ccccc1)CC(=O)O. The van der Waals surface area contributed by atoms with E-state index in [0.29, 0.717) is 37.0 Å². The lowest BCUT2D eigenvalue weighted by Gasteiger charge is -2.36. The molecule has 0 unspecified atom stereocenters. The molecule has 1 aliphatic rings. The van der Waals surface area contributed by atoms with Crippen LogP contribution >= 0.6 is 0 Å². The molecule has 7 nitrogen and oxygen atoms in total. The number of hydrogen-bond donors (Lipinski definition) is 1. The van der Waals surface area contributed by atoms with Gasteiger partial charge in [-0.15, -0.1) is 0 Å². The van der Waals surface area contributed by atoms with E-state index in [9.17, 15) is 9.59 Å². The van der Waals surface area contributed by atoms with E-state index in [1.54, 1.807) is 0 Å². The summed E-state index contributed by atoms with van der Waals surface area (Å²) in [6.07, 6.45) is 1.43. The van der Waals surface area contributed by atoms with E-state index in [4.69, 9.17) is 15.1 Å². The molecule has 1 atom stereocenters. The van der Waals surface area contributed by atoms with E-state index in [1.165, 1.54) is 5.69 Å². The van der Waals surface area contributed by atoms with E-state index in [2.05, 4.69) is 17.0 Å². The highest BCUT2D eigenvalue weighted by molar-refractivity contribution is 5.97. The molecular formula is C31H32N4O3. The molecule has 2 heterocycles. The number of anilines is 1. The number of aryl methyl sites for hydroxylation is 1. The molecule has 0 radical (unpaired) electrons. The van der Waals surface area contributed by atoms with Crippen LogP contribution in [0.1, 0.15) is 35.8 Å². The molecule has 1 amide bonds. The van der Waals surface area contributed by atoms with E-state index >= 15 is 0 Å². The summed E-state index contributed by atoms with van der Waals surface area (Å²) in [6, 6.07) is 25.8. The Bertz CT molecular complexity index is 1420. The van der Waals surface area contributed by atoms with Crippen LogP contribution in [0.2, 0.25) is 0 Å². The lowest BCUT2D eigenvalue weighted by Crippen LogP contribution is -2.48. The second-order valence-corrected chi connectivity index (χ2v) is 9.94. The number of hydrogen-bond acceptors (Lipinski definition) is 5. The second kappa shape index (κ2) is 11.4. The van der Waals surface area contributed by atoms with E-state index in [0.717, 1.165) is 35.6 Å². The van der Waals surface area contributed by atoms with Gasteiger partial charge in [-0.1, -0.05) is 55.5 Å². The lowest BCUT2D eigenvalue weighted by molar-refractivity contribution is -0.138. The van der Waals surface area contributed by atoms with Crippen molar-refractivity contribution in [2.45, 2.75) is 26.2 Å². The van der Waals surface area contributed by atoms with Crippen LogP contribution in [0.5, 0.6) is 0 Å². The van der Waals surface area contributed by atoms with Gasteiger partial charge in [-0.2, -0.15) is 0 Å². The number of carboxylic acids is 1. The van der Waals surface area contributed by atoms with Gasteiger partial charge in [0, 0.05) is 49.4 Å². The van der Waals surface area contributed by atoms with Crippen LogP contribution in [0.3, 0.4) is 0 Å². The van der Waals surface area contributed by atoms with Crippen molar-refractivity contribution in [3.8, 4) is 11.3 Å². The van der Waals surface area contributed by atoms with Gasteiger partial charge in [0.25, 0.3) is 5.91 Å². The third-order valence-electron chi connectivity index (χ3n) is 7.12. The monoisotopic (exact) mass is 508 g/mol. The molecule has 0 bridgehead atoms. The van der Waals surface area contributed by atoms with Crippen LogP contribution in [0.25, 0.3) is 22.3 Å². The van der Waals surface area contributed by atoms with Crippen LogP contribution in [-0.4, -0.2) is 58.0 Å². The average molecular weight is 509 g/mol. The van der Waals surface area contributed by atoms with E-state index in [-0.39, 0.29) is 18.2 Å². The molecule has 7 heteroatoms. The smallest absolute Gasteiger partial charge is 0.303 e. The van der Waals surface area contributed by atoms with Gasteiger partial charge in [0.1, 0.15) is 0 Å². The quantitative estimate of drug-likeness (QED) is 0.347. The third kappa shape index (κ3) is 5.83. The highest BCUT2D eigenvalue weighted by Gasteiger charge is 2.23. The number of para-hydroxylation sites is 1. The summed E-state index contributed by atoms with van der Waals surface area (Å²) in [6.45, 7) is 4.86. The molecule has 194 valence electrons. The first-order valence-electron chi connectivity index (χ1n) is 13.1. The first-order chi connectivity index (χ1) is 18.5. The summed E-state index contributed by atoms with van der Waals surface area (Å²) in [4.78, 5) is 38.6. The minimum atomic E-state index is -0.793. The molecule has 38 heavy (non-hydrogen) atoms. The molecular weight excluding hydrogens is 476 g/mol. The maximum absolute atomic E-state index is 13.4. The summed E-state index contributed by atoms with van der Waals surface area (Å²) in [5, 5.41) is 9.15. The van der Waals surface area contributed by atoms with Gasteiger partial charge in [-0.3, -0.25) is 9.59 Å². The Morgan fingerprint density at radius 3 is 2.24 bits per heavy atom. The lowest BCUT2D eigenvalue weighted by atomic mass is 9.98. The van der Waals surface area contributed by atoms with Gasteiger partial charge in [-0.05, 0) is 49.1 Å². The molecule has 1 aromatic heterocycles. The number of aliphatic carboxylic acids is 1. The molecule has 1 saturated heterocycles. The van der Waals surface area contributed by atoms with E-state index in [1.807, 2.05) is 78.6 Å². The van der Waals surface area contributed by atoms with Crippen LogP contribution in [-0.2, 0) is 11.2 Å². The number of amides is 1. The minimum absolute atomic E-state index is 0.00479. The van der Waals surface area contributed by atoms with Crippen molar-refractivity contribution in [1.82, 2.24) is 14.9 Å². The number of benzene rings is 3. The zero-order valence-electron chi connectivity index (χ0n) is 21.6. The molecule has 3 aromatic carbocycles. The molecule has 0 saturated carbocycles. The normalized spacial score (nSPS) is 14.4. The maximum Gasteiger partial charge on any atom is 0.303 e. The van der Waals surface area contributed by atoms with Gasteiger partial charge >= 0.3 is 5.97 Å². The Morgan fingerprint density at radius 2 is 1.55 bits per heavy atom. The molecule has 1 fully saturated rings. The van der Waals surface area contributed by atoms with Crippen LogP contribution in [0, 0.1) is 5.92 Å². The van der Waals surface area contributed by atoms with Gasteiger partial charge in [0.2, 0.25) is 0 Å². The van der Waals surface area contributed by atoms with Crippen molar-refractivity contribution < 1.29 is 14.7 Å². The number of carboxylic acid groups (broad SMARTS) is 1. The van der Waals surface area contributed by atoms with Crippen molar-refractivity contribution in [3.63, 3.8) is 0 Å². The Morgan fingerprint density at radius 1 is 0.868 bits per heavy atom. The van der Waals surface area contributed by atoms with Gasteiger partial charge in [0.15, 0.2) is 0 Å². The topological polar surface area (TPSA) is 86.6 Å². The van der Waals surface area contributed by atoms with Crippen LogP contribution in [0.4, 0.5) is 5.69 Å². The largest absolute Gasteiger partial charge is 0.481 e. The summed E-state index contributed by atoms with van der Waals surface area (Å²) in [5.41, 5.74) is 5.80. The minimum Gasteiger partial charge on any atom is -0.481 e. The fraction of sp³-hybridized carbons (Fsp3) is 0.290. The molecule has 0 aliphatic carbocycles. The number of carbonyl (C=O) groups is 2. The van der Waals surface area contributed by atoms with Gasteiger partial charge in [0.05, 0.1) is 22.4 Å². The zero-order valence-corrected chi connectivity index (χ0v) is 21.6. The Balaban J connectivity index is 1.38. The predicted octanol–water partition coefficient (Wildman–Crippen LogP) is 5.30. The number of nitrogens with zero attached hydrogens (tertiary/aromatic N) is 4. The zero-order chi connectivity index (χ0) is 26.5. The van der Waals surface area contributed by atoms with E-state index < -0.39 is 5.97 Å². The highest BCUT2D eigenvalue weighted by atomic mass is 16.4. The van der Waals surface area contributed by atoms with Crippen molar-refractivity contribution in [2.24, 2.45) is 5.92 Å². The molecule has 4 aromatic rings. The van der Waals surface area contributed by atoms with Crippen molar-refractivity contribution in [1.29, 1.82) is 0 Å². The summed E-state index contributed by atoms with van der Waals surface area (Å²) in [5.74, 6) is -0.764. The standard InChI is InChI=1S/C31H32N4O3/c1-22(20-29(36)37)12-14-27-30(23-8-4-2-5-9-23)33-26-15-13-24(21-28(26)32-27)31(38)35-18-16-34(17-19-35)25-10-6-3-7-11-25/h2-11,13,15,21-22H,12,14,16-20H2,1H3,(H,36,37)/t22-/m1/s1. The number of aromatic nitrogens is 2. The number of piperazine rings is 1.